The van der Waals surface area contributed by atoms with Gasteiger partial charge in [0.2, 0.25) is 5.88 Å². The van der Waals surface area contributed by atoms with Crippen molar-refractivity contribution in [1.29, 1.82) is 0 Å². The normalized spacial score (nSPS) is 17.0. The zero-order valence-electron chi connectivity index (χ0n) is 23.0. The van der Waals surface area contributed by atoms with E-state index in [9.17, 15) is 9.90 Å². The van der Waals surface area contributed by atoms with Gasteiger partial charge in [0, 0.05) is 5.56 Å². The van der Waals surface area contributed by atoms with Gasteiger partial charge in [-0.15, -0.1) is 0 Å². The number of nitrogens with zero attached hydrogens (tertiary/aromatic N) is 2. The summed E-state index contributed by atoms with van der Waals surface area (Å²) in [5.41, 5.74) is 8.29. The number of ether oxygens (including phenoxy) is 2. The monoisotopic (exact) mass is 537 g/mol. The van der Waals surface area contributed by atoms with Crippen LogP contribution in [0.3, 0.4) is 0 Å². The molecule has 1 fully saturated rings. The lowest BCUT2D eigenvalue weighted by Crippen LogP contribution is -2.27. The zero-order valence-corrected chi connectivity index (χ0v) is 23.0. The number of methoxy groups -OCH3 is 1. The lowest BCUT2D eigenvalue weighted by atomic mass is 9.86. The Morgan fingerprint density at radius 1 is 1.07 bits per heavy atom. The predicted molar refractivity (Wildman–Crippen MR) is 155 cm³/mol. The summed E-state index contributed by atoms with van der Waals surface area (Å²) in [4.78, 5) is 11.6. The third-order valence-corrected chi connectivity index (χ3v) is 8.30. The maximum Gasteiger partial charge on any atom is 0.342 e. The second-order valence-corrected chi connectivity index (χ2v) is 10.6. The second-order valence-electron chi connectivity index (χ2n) is 10.6. The Morgan fingerprint density at radius 3 is 2.67 bits per heavy atom. The molecule has 206 valence electrons. The molecule has 1 aliphatic carbocycles. The summed E-state index contributed by atoms with van der Waals surface area (Å²) >= 11 is 0. The molecule has 6 rings (SSSR count). The molecular weight excluding hydrogens is 502 g/mol. The molecule has 0 saturated carbocycles. The first-order chi connectivity index (χ1) is 19.6. The van der Waals surface area contributed by atoms with Gasteiger partial charge < -0.3 is 19.9 Å². The number of piperidine rings is 1. The molecule has 2 N–H and O–H groups in total. The first-order valence-electron chi connectivity index (χ1n) is 14.2. The Morgan fingerprint density at radius 2 is 1.90 bits per heavy atom. The standard InChI is InChI=1S/C33H35N3O4/c1-3-21-19-26(11-12-27(21)22-14-16-34-17-15-22)40-30-13-10-23-6-5-9-28(31(23)30)24-7-4-8-25(18-24)36-32(39-2)29(20-35-36)33(37)38/h4-9,11-12,18-20,22,30,34H,3,10,13-17H2,1-2H3,(H,37,38). The summed E-state index contributed by atoms with van der Waals surface area (Å²) in [5.74, 6) is 0.675. The van der Waals surface area contributed by atoms with E-state index >= 15 is 0 Å². The van der Waals surface area contributed by atoms with Crippen LogP contribution in [0.15, 0.2) is 66.9 Å². The molecule has 0 amide bonds. The van der Waals surface area contributed by atoms with Crippen molar-refractivity contribution in [1.82, 2.24) is 15.1 Å². The molecule has 3 aromatic carbocycles. The number of carboxylic acids is 1. The van der Waals surface area contributed by atoms with Crippen LogP contribution in [0.1, 0.15) is 70.8 Å². The van der Waals surface area contributed by atoms with Gasteiger partial charge >= 0.3 is 5.97 Å². The van der Waals surface area contributed by atoms with Crippen molar-refractivity contribution in [2.45, 2.75) is 51.0 Å². The Balaban J connectivity index is 1.31. The molecule has 1 atom stereocenters. The highest BCUT2D eigenvalue weighted by Crippen LogP contribution is 2.42. The molecule has 1 saturated heterocycles. The van der Waals surface area contributed by atoms with Crippen LogP contribution in [0.2, 0.25) is 0 Å². The minimum Gasteiger partial charge on any atom is -0.486 e. The highest BCUT2D eigenvalue weighted by molar-refractivity contribution is 5.90. The van der Waals surface area contributed by atoms with Gasteiger partial charge in [-0.25, -0.2) is 9.48 Å². The molecule has 40 heavy (non-hydrogen) atoms. The van der Waals surface area contributed by atoms with E-state index in [2.05, 4.69) is 59.8 Å². The van der Waals surface area contributed by atoms with Crippen LogP contribution < -0.4 is 14.8 Å². The fraction of sp³-hybridized carbons (Fsp3) is 0.333. The van der Waals surface area contributed by atoms with Crippen LogP contribution in [0.25, 0.3) is 16.8 Å². The van der Waals surface area contributed by atoms with E-state index in [4.69, 9.17) is 9.47 Å². The fourth-order valence-corrected chi connectivity index (χ4v) is 6.34. The van der Waals surface area contributed by atoms with E-state index in [0.29, 0.717) is 5.92 Å². The third kappa shape index (κ3) is 4.86. The molecular formula is C33H35N3O4. The lowest BCUT2D eigenvalue weighted by Gasteiger charge is -2.26. The Labute approximate surface area is 234 Å². The summed E-state index contributed by atoms with van der Waals surface area (Å²) in [6, 6.07) is 21.1. The van der Waals surface area contributed by atoms with Crippen LogP contribution in [0.5, 0.6) is 11.6 Å². The third-order valence-electron chi connectivity index (χ3n) is 8.30. The maximum absolute atomic E-state index is 11.6. The number of carboxylic acid groups (broad SMARTS) is 1. The fourth-order valence-electron chi connectivity index (χ4n) is 6.34. The van der Waals surface area contributed by atoms with Crippen molar-refractivity contribution in [3.8, 4) is 28.4 Å². The zero-order chi connectivity index (χ0) is 27.6. The van der Waals surface area contributed by atoms with Crippen LogP contribution in [0.4, 0.5) is 0 Å². The van der Waals surface area contributed by atoms with Gasteiger partial charge in [-0.05, 0) is 103 Å². The van der Waals surface area contributed by atoms with Crippen LogP contribution >= 0.6 is 0 Å². The van der Waals surface area contributed by atoms with Gasteiger partial charge in [0.1, 0.15) is 17.4 Å². The molecule has 0 radical (unpaired) electrons. The van der Waals surface area contributed by atoms with Gasteiger partial charge in [-0.1, -0.05) is 43.3 Å². The van der Waals surface area contributed by atoms with Crippen molar-refractivity contribution in [2.24, 2.45) is 0 Å². The Kier molecular flexibility index (Phi) is 7.30. The number of hydrogen-bond donors (Lipinski definition) is 2. The summed E-state index contributed by atoms with van der Waals surface area (Å²) in [6.45, 7) is 4.40. The number of aromatic carboxylic acids is 1. The van der Waals surface area contributed by atoms with Gasteiger partial charge in [0.15, 0.2) is 0 Å². The second kappa shape index (κ2) is 11.2. The molecule has 7 nitrogen and oxygen atoms in total. The molecule has 1 unspecified atom stereocenters. The largest absolute Gasteiger partial charge is 0.486 e. The number of aryl methyl sites for hydroxylation is 2. The van der Waals surface area contributed by atoms with Crippen molar-refractivity contribution in [2.75, 3.05) is 20.2 Å². The first-order valence-corrected chi connectivity index (χ1v) is 14.2. The van der Waals surface area contributed by atoms with Crippen LogP contribution in [0, 0.1) is 0 Å². The van der Waals surface area contributed by atoms with E-state index in [-0.39, 0.29) is 17.5 Å². The molecule has 7 heteroatoms. The van der Waals surface area contributed by atoms with Crippen molar-refractivity contribution in [3.05, 3.63) is 94.7 Å². The van der Waals surface area contributed by atoms with Crippen molar-refractivity contribution in [3.63, 3.8) is 0 Å². The number of nitrogens with one attached hydrogen (secondary N) is 1. The molecule has 1 aliphatic heterocycles. The molecule has 1 aromatic heterocycles. The average Bonchev–Trinajstić information content (AvgIpc) is 3.62. The lowest BCUT2D eigenvalue weighted by molar-refractivity contribution is 0.0693. The minimum atomic E-state index is -1.07. The Hall–Kier alpha value is -4.10. The van der Waals surface area contributed by atoms with E-state index in [0.717, 1.165) is 54.9 Å². The summed E-state index contributed by atoms with van der Waals surface area (Å²) in [5, 5.41) is 17.3. The highest BCUT2D eigenvalue weighted by atomic mass is 16.5. The number of aromatic nitrogens is 2. The number of rotatable bonds is 8. The quantitative estimate of drug-likeness (QED) is 0.273. The highest BCUT2D eigenvalue weighted by Gasteiger charge is 2.28. The topological polar surface area (TPSA) is 85.6 Å². The van der Waals surface area contributed by atoms with E-state index in [1.807, 2.05) is 18.2 Å². The average molecular weight is 538 g/mol. The summed E-state index contributed by atoms with van der Waals surface area (Å²) < 4.78 is 13.6. The predicted octanol–water partition coefficient (Wildman–Crippen LogP) is 6.34. The Bertz CT molecular complexity index is 1540. The minimum absolute atomic E-state index is 0.0274. The summed E-state index contributed by atoms with van der Waals surface area (Å²) in [7, 11) is 1.46. The van der Waals surface area contributed by atoms with E-state index in [1.165, 1.54) is 53.1 Å². The molecule has 4 aromatic rings. The van der Waals surface area contributed by atoms with Crippen molar-refractivity contribution < 1.29 is 19.4 Å². The maximum atomic E-state index is 11.6. The number of carbonyl (C=O) groups is 1. The first kappa shape index (κ1) is 26.1. The van der Waals surface area contributed by atoms with Crippen LogP contribution in [-0.4, -0.2) is 41.1 Å². The molecule has 0 spiro atoms. The summed E-state index contributed by atoms with van der Waals surface area (Å²) in [6.07, 6.45) is 6.55. The van der Waals surface area contributed by atoms with E-state index < -0.39 is 5.97 Å². The van der Waals surface area contributed by atoms with Gasteiger partial charge in [-0.3, -0.25) is 0 Å². The number of hydrogen-bond acceptors (Lipinski definition) is 5. The smallest absolute Gasteiger partial charge is 0.342 e. The SMILES string of the molecule is CCc1cc(OC2CCc3cccc(-c4cccc(-n5ncc(C(=O)O)c5OC)c4)c32)ccc1C1CCNCC1. The number of benzene rings is 3. The van der Waals surface area contributed by atoms with Gasteiger partial charge in [0.05, 0.1) is 19.0 Å². The van der Waals surface area contributed by atoms with E-state index in [1.54, 1.807) is 0 Å². The van der Waals surface area contributed by atoms with Gasteiger partial charge in [0.25, 0.3) is 0 Å². The molecule has 2 heterocycles. The number of fused-ring (bicyclic) bond motifs is 1. The molecule has 2 aliphatic rings. The van der Waals surface area contributed by atoms with Crippen molar-refractivity contribution >= 4 is 5.97 Å². The molecule has 0 bridgehead atoms. The van der Waals surface area contributed by atoms with Crippen LogP contribution in [-0.2, 0) is 12.8 Å². The van der Waals surface area contributed by atoms with Gasteiger partial charge in [-0.2, -0.15) is 5.10 Å².